The Balaban J connectivity index is 2.01. The highest BCUT2D eigenvalue weighted by Gasteiger charge is 2.11. The van der Waals surface area contributed by atoms with Crippen molar-refractivity contribution in [3.8, 4) is 16.9 Å². The molecule has 0 aliphatic rings. The highest BCUT2D eigenvalue weighted by Crippen LogP contribution is 2.22. The van der Waals surface area contributed by atoms with Crippen LogP contribution in [-0.2, 0) is 0 Å². The second-order valence-electron chi connectivity index (χ2n) is 4.26. The maximum atomic E-state index is 13.7. The molecule has 0 aliphatic carbocycles. The molecule has 2 aromatic carbocycles. The third kappa shape index (κ3) is 2.23. The fourth-order valence-corrected chi connectivity index (χ4v) is 1.83. The highest BCUT2D eigenvalue weighted by atomic mass is 19.1. The number of nitrogens with zero attached hydrogens (tertiary/aromatic N) is 3. The highest BCUT2D eigenvalue weighted by molar-refractivity contribution is 5.59. The predicted octanol–water partition coefficient (Wildman–Crippen LogP) is 2.79. The van der Waals surface area contributed by atoms with Crippen LogP contribution >= 0.6 is 0 Å². The lowest BCUT2D eigenvalue weighted by Crippen LogP contribution is -1.95. The van der Waals surface area contributed by atoms with Crippen molar-refractivity contribution in [2.24, 2.45) is 0 Å². The summed E-state index contributed by atoms with van der Waals surface area (Å²) >= 11 is 0. The van der Waals surface area contributed by atoms with Gasteiger partial charge in [-0.25, -0.2) is 13.5 Å². The van der Waals surface area contributed by atoms with Gasteiger partial charge in [-0.05, 0) is 42.5 Å². The number of benzene rings is 2. The molecule has 20 heavy (non-hydrogen) atoms. The summed E-state index contributed by atoms with van der Waals surface area (Å²) in [7, 11) is 0. The zero-order chi connectivity index (χ0) is 14.1. The minimum Gasteiger partial charge on any atom is -0.399 e. The van der Waals surface area contributed by atoms with E-state index in [0.29, 0.717) is 5.69 Å². The lowest BCUT2D eigenvalue weighted by Gasteiger charge is -2.00. The molecule has 6 heteroatoms. The molecule has 0 fully saturated rings. The third-order valence-corrected chi connectivity index (χ3v) is 2.86. The number of nitrogens with two attached hydrogens (primary N) is 1. The van der Waals surface area contributed by atoms with Crippen molar-refractivity contribution in [1.82, 2.24) is 15.0 Å². The summed E-state index contributed by atoms with van der Waals surface area (Å²) in [6.45, 7) is 0. The minimum atomic E-state index is -0.546. The maximum Gasteiger partial charge on any atom is 0.132 e. The van der Waals surface area contributed by atoms with Crippen molar-refractivity contribution in [3.63, 3.8) is 0 Å². The van der Waals surface area contributed by atoms with Gasteiger partial charge in [-0.15, -0.1) is 5.10 Å². The lowest BCUT2D eigenvalue weighted by molar-refractivity contribution is 0.602. The number of hydrogen-bond donors (Lipinski definition) is 1. The first-order chi connectivity index (χ1) is 9.63. The summed E-state index contributed by atoms with van der Waals surface area (Å²) in [5.41, 5.74) is 7.30. The molecule has 0 radical (unpaired) electrons. The number of aromatic nitrogens is 3. The summed E-state index contributed by atoms with van der Waals surface area (Å²) in [6, 6.07) is 10.2. The fraction of sp³-hybridized carbons (Fsp3) is 0. The molecule has 1 aromatic heterocycles. The zero-order valence-electron chi connectivity index (χ0n) is 10.3. The number of halogens is 2. The summed E-state index contributed by atoms with van der Waals surface area (Å²) in [5, 5.41) is 7.76. The molecule has 0 amide bonds. The van der Waals surface area contributed by atoms with E-state index in [1.807, 2.05) is 0 Å². The standard InChI is InChI=1S/C14H10F2N4/c15-9-1-6-13(16)12(7-9)14-8-20(19-18-14)11-4-2-10(17)3-5-11/h1-8H,17H2. The first-order valence-corrected chi connectivity index (χ1v) is 5.87. The van der Waals surface area contributed by atoms with Crippen molar-refractivity contribution < 1.29 is 8.78 Å². The van der Waals surface area contributed by atoms with Crippen LogP contribution in [-0.4, -0.2) is 15.0 Å². The van der Waals surface area contributed by atoms with Crippen molar-refractivity contribution in [2.45, 2.75) is 0 Å². The molecule has 0 aliphatic heterocycles. The van der Waals surface area contributed by atoms with E-state index >= 15 is 0 Å². The van der Waals surface area contributed by atoms with Crippen LogP contribution in [0.5, 0.6) is 0 Å². The van der Waals surface area contributed by atoms with Gasteiger partial charge in [0.15, 0.2) is 0 Å². The van der Waals surface area contributed by atoms with Gasteiger partial charge in [-0.1, -0.05) is 5.21 Å². The van der Waals surface area contributed by atoms with Gasteiger partial charge in [0.1, 0.15) is 17.3 Å². The van der Waals surface area contributed by atoms with E-state index < -0.39 is 11.6 Å². The average Bonchev–Trinajstić information content (AvgIpc) is 2.92. The second kappa shape index (κ2) is 4.73. The van der Waals surface area contributed by atoms with E-state index in [1.54, 1.807) is 24.3 Å². The maximum absolute atomic E-state index is 13.7. The van der Waals surface area contributed by atoms with E-state index in [4.69, 9.17) is 5.73 Å². The van der Waals surface area contributed by atoms with Gasteiger partial charge in [-0.2, -0.15) is 0 Å². The molecule has 0 bridgehead atoms. The van der Waals surface area contributed by atoms with Crippen LogP contribution < -0.4 is 5.73 Å². The smallest absolute Gasteiger partial charge is 0.132 e. The SMILES string of the molecule is Nc1ccc(-n2cc(-c3cc(F)ccc3F)nn2)cc1. The number of nitrogen functional groups attached to an aromatic ring is 1. The Morgan fingerprint density at radius 3 is 2.50 bits per heavy atom. The van der Waals surface area contributed by atoms with Gasteiger partial charge in [0.05, 0.1) is 11.9 Å². The summed E-state index contributed by atoms with van der Waals surface area (Å²) in [6.07, 6.45) is 1.53. The quantitative estimate of drug-likeness (QED) is 0.730. The van der Waals surface area contributed by atoms with Crippen molar-refractivity contribution >= 4 is 5.69 Å². The van der Waals surface area contributed by atoms with Crippen molar-refractivity contribution in [2.75, 3.05) is 5.73 Å². The Kier molecular flexibility index (Phi) is 2.90. The van der Waals surface area contributed by atoms with Crippen LogP contribution in [0.2, 0.25) is 0 Å². The molecule has 100 valence electrons. The minimum absolute atomic E-state index is 0.0756. The molecule has 3 rings (SSSR count). The molecule has 3 aromatic rings. The van der Waals surface area contributed by atoms with Crippen LogP contribution in [0.4, 0.5) is 14.5 Å². The largest absolute Gasteiger partial charge is 0.399 e. The van der Waals surface area contributed by atoms with Gasteiger partial charge in [0.25, 0.3) is 0 Å². The third-order valence-electron chi connectivity index (χ3n) is 2.86. The summed E-state index contributed by atoms with van der Waals surface area (Å²) < 4.78 is 28.3. The lowest BCUT2D eigenvalue weighted by atomic mass is 10.1. The molecule has 2 N–H and O–H groups in total. The second-order valence-corrected chi connectivity index (χ2v) is 4.26. The van der Waals surface area contributed by atoms with E-state index in [0.717, 1.165) is 23.9 Å². The number of hydrogen-bond acceptors (Lipinski definition) is 3. The molecule has 0 unspecified atom stereocenters. The van der Waals surface area contributed by atoms with Gasteiger partial charge in [-0.3, -0.25) is 0 Å². The van der Waals surface area contributed by atoms with Crippen LogP contribution in [0, 0.1) is 11.6 Å². The molecular weight excluding hydrogens is 262 g/mol. The molecule has 0 atom stereocenters. The van der Waals surface area contributed by atoms with E-state index in [2.05, 4.69) is 10.3 Å². The predicted molar refractivity (Wildman–Crippen MR) is 71.1 cm³/mol. The Morgan fingerprint density at radius 1 is 1.00 bits per heavy atom. The molecule has 0 spiro atoms. The van der Waals surface area contributed by atoms with Crippen LogP contribution in [0.1, 0.15) is 0 Å². The van der Waals surface area contributed by atoms with E-state index in [1.165, 1.54) is 10.9 Å². The Labute approximate surface area is 113 Å². The molecule has 4 nitrogen and oxygen atoms in total. The number of rotatable bonds is 2. The summed E-state index contributed by atoms with van der Waals surface area (Å²) in [4.78, 5) is 0. The molecular formula is C14H10F2N4. The van der Waals surface area contributed by atoms with Gasteiger partial charge in [0, 0.05) is 11.3 Å². The first kappa shape index (κ1) is 12.3. The Hall–Kier alpha value is -2.76. The molecule has 1 heterocycles. The Bertz CT molecular complexity index is 750. The van der Waals surface area contributed by atoms with Crippen LogP contribution in [0.3, 0.4) is 0 Å². The van der Waals surface area contributed by atoms with Crippen molar-refractivity contribution in [3.05, 3.63) is 60.3 Å². The first-order valence-electron chi connectivity index (χ1n) is 5.87. The monoisotopic (exact) mass is 272 g/mol. The normalized spacial score (nSPS) is 10.7. The topological polar surface area (TPSA) is 56.7 Å². The fourth-order valence-electron chi connectivity index (χ4n) is 1.83. The van der Waals surface area contributed by atoms with Crippen molar-refractivity contribution in [1.29, 1.82) is 0 Å². The average molecular weight is 272 g/mol. The van der Waals surface area contributed by atoms with Crippen LogP contribution in [0.25, 0.3) is 16.9 Å². The van der Waals surface area contributed by atoms with E-state index in [-0.39, 0.29) is 11.3 Å². The zero-order valence-corrected chi connectivity index (χ0v) is 10.3. The van der Waals surface area contributed by atoms with Gasteiger partial charge >= 0.3 is 0 Å². The number of anilines is 1. The molecule has 0 saturated heterocycles. The van der Waals surface area contributed by atoms with Crippen LogP contribution in [0.15, 0.2) is 48.7 Å². The van der Waals surface area contributed by atoms with Gasteiger partial charge in [0.2, 0.25) is 0 Å². The Morgan fingerprint density at radius 2 is 1.75 bits per heavy atom. The van der Waals surface area contributed by atoms with Gasteiger partial charge < -0.3 is 5.73 Å². The van der Waals surface area contributed by atoms with E-state index in [9.17, 15) is 8.78 Å². The molecule has 0 saturated carbocycles. The summed E-state index contributed by atoms with van der Waals surface area (Å²) in [5.74, 6) is -1.07.